The van der Waals surface area contributed by atoms with E-state index in [1.165, 1.54) is 0 Å². The second-order valence-electron chi connectivity index (χ2n) is 6.97. The van der Waals surface area contributed by atoms with Gasteiger partial charge in [-0.15, -0.1) is 0 Å². The number of aliphatic imine (C=N–C) groups is 1. The van der Waals surface area contributed by atoms with Crippen LogP contribution in [-0.4, -0.2) is 18.0 Å². The van der Waals surface area contributed by atoms with Gasteiger partial charge in [-0.25, -0.2) is 0 Å². The molecule has 0 saturated carbocycles. The SMILES string of the molecule is O=C(NCc1ccc(C=Nc2ccc(Oc3ccccc3)cc2)o1)C(=O)Nc1ccccc1. The summed E-state index contributed by atoms with van der Waals surface area (Å²) >= 11 is 0. The molecule has 2 amide bonds. The summed E-state index contributed by atoms with van der Waals surface area (Å²) in [6.45, 7) is 0.0837. The van der Waals surface area contributed by atoms with Crippen molar-refractivity contribution in [2.45, 2.75) is 6.54 Å². The minimum Gasteiger partial charge on any atom is -0.458 e. The third-order valence-corrected chi connectivity index (χ3v) is 4.50. The topological polar surface area (TPSA) is 92.9 Å². The first-order valence-corrected chi connectivity index (χ1v) is 10.3. The number of rotatable bonds is 7. The molecule has 1 heterocycles. The highest BCUT2D eigenvalue weighted by atomic mass is 16.5. The predicted molar refractivity (Wildman–Crippen MR) is 126 cm³/mol. The van der Waals surface area contributed by atoms with Gasteiger partial charge in [-0.3, -0.25) is 14.6 Å². The van der Waals surface area contributed by atoms with Gasteiger partial charge in [0.05, 0.1) is 18.4 Å². The Morgan fingerprint density at radius 2 is 1.45 bits per heavy atom. The van der Waals surface area contributed by atoms with Crippen LogP contribution in [0.1, 0.15) is 11.5 Å². The van der Waals surface area contributed by atoms with Crippen molar-refractivity contribution >= 4 is 29.4 Å². The van der Waals surface area contributed by atoms with Crippen LogP contribution < -0.4 is 15.4 Å². The van der Waals surface area contributed by atoms with E-state index in [1.807, 2.05) is 60.7 Å². The summed E-state index contributed by atoms with van der Waals surface area (Å²) in [6.07, 6.45) is 1.58. The molecule has 0 aliphatic rings. The van der Waals surface area contributed by atoms with Crippen LogP contribution in [0.15, 0.2) is 106 Å². The number of ether oxygens (including phenoxy) is 1. The van der Waals surface area contributed by atoms with E-state index in [4.69, 9.17) is 9.15 Å². The third-order valence-electron chi connectivity index (χ3n) is 4.50. The van der Waals surface area contributed by atoms with Gasteiger partial charge in [0.2, 0.25) is 0 Å². The summed E-state index contributed by atoms with van der Waals surface area (Å²) in [4.78, 5) is 28.3. The molecule has 0 aliphatic carbocycles. The molecule has 0 aliphatic heterocycles. The van der Waals surface area contributed by atoms with E-state index in [0.29, 0.717) is 23.0 Å². The Bertz CT molecular complexity index is 1230. The quantitative estimate of drug-likeness (QED) is 0.310. The van der Waals surface area contributed by atoms with Crippen molar-refractivity contribution in [1.82, 2.24) is 5.32 Å². The number of amides is 2. The van der Waals surface area contributed by atoms with Crippen LogP contribution >= 0.6 is 0 Å². The van der Waals surface area contributed by atoms with Crippen LogP contribution in [0.5, 0.6) is 11.5 Å². The van der Waals surface area contributed by atoms with Gasteiger partial charge in [0.15, 0.2) is 0 Å². The minimum atomic E-state index is -0.747. The molecular formula is C26H21N3O4. The maximum absolute atomic E-state index is 12.0. The number of nitrogens with one attached hydrogen (secondary N) is 2. The molecule has 3 aromatic carbocycles. The van der Waals surface area contributed by atoms with E-state index >= 15 is 0 Å². The Hall–Kier alpha value is -4.65. The number of carbonyl (C=O) groups is 2. The second-order valence-corrected chi connectivity index (χ2v) is 6.97. The van der Waals surface area contributed by atoms with E-state index in [2.05, 4.69) is 15.6 Å². The van der Waals surface area contributed by atoms with Crippen molar-refractivity contribution in [3.8, 4) is 11.5 Å². The van der Waals surface area contributed by atoms with Gasteiger partial charge >= 0.3 is 11.8 Å². The number of furan rings is 1. The highest BCUT2D eigenvalue weighted by Crippen LogP contribution is 2.23. The molecule has 7 nitrogen and oxygen atoms in total. The molecule has 0 spiro atoms. The van der Waals surface area contributed by atoms with Gasteiger partial charge in [-0.1, -0.05) is 36.4 Å². The number of carbonyl (C=O) groups excluding carboxylic acids is 2. The van der Waals surface area contributed by atoms with E-state index in [-0.39, 0.29) is 6.54 Å². The average molecular weight is 439 g/mol. The monoisotopic (exact) mass is 439 g/mol. The molecule has 33 heavy (non-hydrogen) atoms. The molecule has 1 aromatic heterocycles. The van der Waals surface area contributed by atoms with Crippen LogP contribution in [0.2, 0.25) is 0 Å². The van der Waals surface area contributed by atoms with Gasteiger partial charge in [-0.05, 0) is 60.7 Å². The number of hydrogen-bond donors (Lipinski definition) is 2. The lowest BCUT2D eigenvalue weighted by molar-refractivity contribution is -0.136. The molecule has 0 atom stereocenters. The lowest BCUT2D eigenvalue weighted by Crippen LogP contribution is -2.34. The Kier molecular flexibility index (Phi) is 6.92. The first-order valence-electron chi connectivity index (χ1n) is 10.3. The van der Waals surface area contributed by atoms with Crippen LogP contribution in [0.25, 0.3) is 0 Å². The Morgan fingerprint density at radius 3 is 2.18 bits per heavy atom. The van der Waals surface area contributed by atoms with Gasteiger partial charge in [0.25, 0.3) is 0 Å². The lowest BCUT2D eigenvalue weighted by atomic mass is 10.3. The number of para-hydroxylation sites is 2. The van der Waals surface area contributed by atoms with Gasteiger partial charge in [-0.2, -0.15) is 0 Å². The zero-order chi connectivity index (χ0) is 22.9. The minimum absolute atomic E-state index is 0.0837. The maximum atomic E-state index is 12.0. The molecule has 0 saturated heterocycles. The standard InChI is InChI=1S/C26H21N3O4/c30-25(26(31)29-20-7-3-1-4-8-20)28-18-24-16-15-23(33-24)17-27-19-11-13-22(14-12-19)32-21-9-5-2-6-10-21/h1-17H,18H2,(H,28,30)(H,29,31). The highest BCUT2D eigenvalue weighted by molar-refractivity contribution is 6.39. The number of nitrogens with zero attached hydrogens (tertiary/aromatic N) is 1. The molecule has 0 bridgehead atoms. The fourth-order valence-electron chi connectivity index (χ4n) is 2.88. The number of hydrogen-bond acceptors (Lipinski definition) is 5. The summed E-state index contributed by atoms with van der Waals surface area (Å²) < 4.78 is 11.4. The van der Waals surface area contributed by atoms with E-state index in [9.17, 15) is 9.59 Å². The van der Waals surface area contributed by atoms with E-state index < -0.39 is 11.8 Å². The van der Waals surface area contributed by atoms with Crippen molar-refractivity contribution in [2.75, 3.05) is 5.32 Å². The first kappa shape index (κ1) is 21.6. The summed E-state index contributed by atoms with van der Waals surface area (Å²) in [6, 6.07) is 29.1. The summed E-state index contributed by atoms with van der Waals surface area (Å²) in [5.41, 5.74) is 1.29. The third kappa shape index (κ3) is 6.41. The number of anilines is 1. The van der Waals surface area contributed by atoms with Crippen LogP contribution in [0.4, 0.5) is 11.4 Å². The molecule has 4 rings (SSSR count). The van der Waals surface area contributed by atoms with Crippen molar-refractivity contribution in [1.29, 1.82) is 0 Å². The van der Waals surface area contributed by atoms with Crippen LogP contribution in [-0.2, 0) is 16.1 Å². The van der Waals surface area contributed by atoms with Gasteiger partial charge < -0.3 is 19.8 Å². The van der Waals surface area contributed by atoms with Crippen molar-refractivity contribution < 1.29 is 18.7 Å². The largest absolute Gasteiger partial charge is 0.458 e. The van der Waals surface area contributed by atoms with Crippen LogP contribution in [0.3, 0.4) is 0 Å². The molecule has 7 heteroatoms. The molecular weight excluding hydrogens is 418 g/mol. The fourth-order valence-corrected chi connectivity index (χ4v) is 2.88. The maximum Gasteiger partial charge on any atom is 0.313 e. The summed E-state index contributed by atoms with van der Waals surface area (Å²) in [7, 11) is 0. The molecule has 4 aromatic rings. The molecule has 0 fully saturated rings. The Labute approximate surface area is 190 Å². The Balaban J connectivity index is 1.26. The van der Waals surface area contributed by atoms with E-state index in [0.717, 1.165) is 11.4 Å². The summed E-state index contributed by atoms with van der Waals surface area (Å²) in [5, 5.41) is 5.06. The summed E-state index contributed by atoms with van der Waals surface area (Å²) in [5.74, 6) is 1.02. The molecule has 164 valence electrons. The first-order chi connectivity index (χ1) is 16.2. The van der Waals surface area contributed by atoms with Gasteiger partial charge in [0.1, 0.15) is 23.0 Å². The van der Waals surface area contributed by atoms with Crippen LogP contribution in [0, 0.1) is 0 Å². The normalized spacial score (nSPS) is 10.7. The Morgan fingerprint density at radius 1 is 0.788 bits per heavy atom. The lowest BCUT2D eigenvalue weighted by Gasteiger charge is -2.05. The van der Waals surface area contributed by atoms with E-state index in [1.54, 1.807) is 42.6 Å². The van der Waals surface area contributed by atoms with Crippen molar-refractivity contribution in [3.63, 3.8) is 0 Å². The second kappa shape index (κ2) is 10.6. The van der Waals surface area contributed by atoms with Gasteiger partial charge in [0, 0.05) is 5.69 Å². The molecule has 0 radical (unpaired) electrons. The van der Waals surface area contributed by atoms with Crippen molar-refractivity contribution in [2.24, 2.45) is 4.99 Å². The molecule has 0 unspecified atom stereocenters. The molecule has 2 N–H and O–H groups in total. The zero-order valence-corrected chi connectivity index (χ0v) is 17.6. The smallest absolute Gasteiger partial charge is 0.313 e. The predicted octanol–water partition coefficient (Wildman–Crippen LogP) is 5.08. The number of benzene rings is 3. The average Bonchev–Trinajstić information content (AvgIpc) is 3.31. The fraction of sp³-hybridized carbons (Fsp3) is 0.0385. The highest BCUT2D eigenvalue weighted by Gasteiger charge is 2.14. The van der Waals surface area contributed by atoms with Crippen molar-refractivity contribution in [3.05, 3.63) is 109 Å². The zero-order valence-electron chi connectivity index (χ0n) is 17.6.